The molecule has 1 N–H and O–H groups in total. The second-order valence-electron chi connectivity index (χ2n) is 8.86. The van der Waals surface area contributed by atoms with Gasteiger partial charge in [0.25, 0.3) is 0 Å². The number of carbonyl (C=O) groups excluding carboxylic acids is 1. The number of piperazine rings is 1. The molecular formula is C24H29F3N4O. The van der Waals surface area contributed by atoms with Crippen LogP contribution < -0.4 is 5.32 Å². The summed E-state index contributed by atoms with van der Waals surface area (Å²) < 4.78 is 38.8. The van der Waals surface area contributed by atoms with Gasteiger partial charge in [-0.15, -0.1) is 0 Å². The van der Waals surface area contributed by atoms with E-state index in [0.29, 0.717) is 6.54 Å². The van der Waals surface area contributed by atoms with Crippen LogP contribution in [-0.4, -0.2) is 59.0 Å². The molecule has 1 saturated carbocycles. The number of amides is 1. The molecule has 8 heteroatoms. The fraction of sp³-hybridized carbons (Fsp3) is 0.500. The van der Waals surface area contributed by atoms with Crippen molar-refractivity contribution in [3.8, 4) is 0 Å². The first-order chi connectivity index (χ1) is 15.3. The monoisotopic (exact) mass is 446 g/mol. The highest BCUT2D eigenvalue weighted by Gasteiger charge is 2.48. The molecule has 0 spiro atoms. The highest BCUT2D eigenvalue weighted by Crippen LogP contribution is 2.41. The van der Waals surface area contributed by atoms with Gasteiger partial charge in [-0.2, -0.15) is 13.2 Å². The van der Waals surface area contributed by atoms with E-state index in [9.17, 15) is 18.0 Å². The molecule has 2 fully saturated rings. The quantitative estimate of drug-likeness (QED) is 0.705. The zero-order valence-electron chi connectivity index (χ0n) is 18.2. The lowest BCUT2D eigenvalue weighted by atomic mass is 10.1. The topological polar surface area (TPSA) is 48.5 Å². The molecule has 1 amide bonds. The van der Waals surface area contributed by atoms with Gasteiger partial charge in [0.05, 0.1) is 11.6 Å². The molecule has 172 valence electrons. The Hall–Kier alpha value is -2.45. The fourth-order valence-corrected chi connectivity index (χ4v) is 4.36. The average Bonchev–Trinajstić information content (AvgIpc) is 3.59. The lowest BCUT2D eigenvalue weighted by molar-refractivity contribution is -0.141. The van der Waals surface area contributed by atoms with Crippen molar-refractivity contribution >= 4 is 5.91 Å². The summed E-state index contributed by atoms with van der Waals surface area (Å²) in [6.45, 7) is 6.93. The van der Waals surface area contributed by atoms with Crippen molar-refractivity contribution in [2.45, 2.75) is 43.9 Å². The maximum atomic E-state index is 12.9. The molecule has 0 radical (unpaired) electrons. The number of hydrogen-bond acceptors (Lipinski definition) is 4. The zero-order valence-corrected chi connectivity index (χ0v) is 18.2. The summed E-state index contributed by atoms with van der Waals surface area (Å²) in [5.74, 6) is -1.03. The minimum atomic E-state index is -4.52. The molecule has 4 rings (SSSR count). The molecule has 1 unspecified atom stereocenters. The smallest absolute Gasteiger partial charge is 0.354 e. The SMILES string of the molecule is CC(C(=O)NCC1(N2CCN(Cc3ccccc3)CC2)CC1)c1cccc(C(F)(F)F)n1. The Kier molecular flexibility index (Phi) is 6.53. The molecule has 1 aromatic carbocycles. The number of nitrogens with zero attached hydrogens (tertiary/aromatic N) is 3. The Bertz CT molecular complexity index is 922. The summed E-state index contributed by atoms with van der Waals surface area (Å²) in [4.78, 5) is 21.2. The molecule has 1 aliphatic heterocycles. The van der Waals surface area contributed by atoms with Gasteiger partial charge in [-0.1, -0.05) is 36.4 Å². The van der Waals surface area contributed by atoms with Crippen LogP contribution in [0.1, 0.15) is 42.6 Å². The van der Waals surface area contributed by atoms with Gasteiger partial charge in [0, 0.05) is 44.8 Å². The lowest BCUT2D eigenvalue weighted by Gasteiger charge is -2.40. The third kappa shape index (κ3) is 5.30. The van der Waals surface area contributed by atoms with E-state index in [1.54, 1.807) is 6.92 Å². The maximum Gasteiger partial charge on any atom is 0.433 e. The highest BCUT2D eigenvalue weighted by molar-refractivity contribution is 5.82. The molecule has 1 saturated heterocycles. The number of hydrogen-bond donors (Lipinski definition) is 1. The molecule has 1 atom stereocenters. The van der Waals surface area contributed by atoms with Crippen LogP contribution in [0.3, 0.4) is 0 Å². The van der Waals surface area contributed by atoms with Gasteiger partial charge >= 0.3 is 6.18 Å². The van der Waals surface area contributed by atoms with E-state index < -0.39 is 17.8 Å². The second-order valence-corrected chi connectivity index (χ2v) is 8.86. The number of halogens is 3. The number of nitrogens with one attached hydrogen (secondary N) is 1. The van der Waals surface area contributed by atoms with Crippen molar-refractivity contribution in [1.82, 2.24) is 20.1 Å². The van der Waals surface area contributed by atoms with Crippen LogP contribution in [-0.2, 0) is 17.5 Å². The molecule has 2 aromatic rings. The molecule has 0 bridgehead atoms. The van der Waals surface area contributed by atoms with Gasteiger partial charge in [0.2, 0.25) is 5.91 Å². The maximum absolute atomic E-state index is 12.9. The van der Waals surface area contributed by atoms with E-state index in [4.69, 9.17) is 0 Å². The number of alkyl halides is 3. The van der Waals surface area contributed by atoms with E-state index in [1.165, 1.54) is 17.7 Å². The first-order valence-electron chi connectivity index (χ1n) is 11.1. The minimum Gasteiger partial charge on any atom is -0.354 e. The summed E-state index contributed by atoms with van der Waals surface area (Å²) in [5.41, 5.74) is 0.458. The molecule has 5 nitrogen and oxygen atoms in total. The van der Waals surface area contributed by atoms with E-state index >= 15 is 0 Å². The third-order valence-corrected chi connectivity index (χ3v) is 6.61. The van der Waals surface area contributed by atoms with Crippen molar-refractivity contribution in [2.24, 2.45) is 0 Å². The molecule has 1 aromatic heterocycles. The van der Waals surface area contributed by atoms with Crippen molar-refractivity contribution < 1.29 is 18.0 Å². The number of rotatable bonds is 7. The van der Waals surface area contributed by atoms with Crippen molar-refractivity contribution in [3.63, 3.8) is 0 Å². The standard InChI is InChI=1S/C24H29F3N4O/c1-18(20-8-5-9-21(29-20)24(25,26)27)22(32)28-17-23(10-11-23)31-14-12-30(13-15-31)16-19-6-3-2-4-7-19/h2-9,18H,10-17H2,1H3,(H,28,32). The molecule has 2 heterocycles. The summed E-state index contributed by atoms with van der Waals surface area (Å²) in [5, 5.41) is 2.97. The number of carbonyl (C=O) groups is 1. The molecule has 1 aliphatic carbocycles. The largest absolute Gasteiger partial charge is 0.433 e. The van der Waals surface area contributed by atoms with Crippen LogP contribution in [0.15, 0.2) is 48.5 Å². The highest BCUT2D eigenvalue weighted by atomic mass is 19.4. The normalized spacial score (nSPS) is 20.0. The van der Waals surface area contributed by atoms with Gasteiger partial charge in [-0.05, 0) is 37.5 Å². The van der Waals surface area contributed by atoms with Crippen LogP contribution >= 0.6 is 0 Å². The van der Waals surface area contributed by atoms with E-state index in [-0.39, 0.29) is 17.1 Å². The van der Waals surface area contributed by atoms with E-state index in [1.807, 2.05) is 6.07 Å². The predicted molar refractivity (Wildman–Crippen MR) is 116 cm³/mol. The summed E-state index contributed by atoms with van der Waals surface area (Å²) >= 11 is 0. The van der Waals surface area contributed by atoms with E-state index in [0.717, 1.165) is 51.6 Å². The predicted octanol–water partition coefficient (Wildman–Crippen LogP) is 3.67. The van der Waals surface area contributed by atoms with Crippen molar-refractivity contribution in [1.29, 1.82) is 0 Å². The number of pyridine rings is 1. The average molecular weight is 447 g/mol. The Balaban J connectivity index is 1.28. The van der Waals surface area contributed by atoms with Crippen LogP contribution in [0, 0.1) is 0 Å². The van der Waals surface area contributed by atoms with E-state index in [2.05, 4.69) is 44.4 Å². The summed E-state index contributed by atoms with van der Waals surface area (Å²) in [7, 11) is 0. The lowest BCUT2D eigenvalue weighted by Crippen LogP contribution is -2.54. The van der Waals surface area contributed by atoms with Gasteiger partial charge in [0.15, 0.2) is 0 Å². The zero-order chi connectivity index (χ0) is 22.8. The van der Waals surface area contributed by atoms with Gasteiger partial charge in [-0.3, -0.25) is 14.6 Å². The molecule has 2 aliphatic rings. The van der Waals surface area contributed by atoms with Crippen molar-refractivity contribution in [2.75, 3.05) is 32.7 Å². The number of aromatic nitrogens is 1. The Morgan fingerprint density at radius 3 is 2.38 bits per heavy atom. The second kappa shape index (κ2) is 9.19. The van der Waals surface area contributed by atoms with Gasteiger partial charge in [0.1, 0.15) is 5.69 Å². The van der Waals surface area contributed by atoms with Crippen LogP contribution in [0.4, 0.5) is 13.2 Å². The molecule has 32 heavy (non-hydrogen) atoms. The van der Waals surface area contributed by atoms with Gasteiger partial charge < -0.3 is 5.32 Å². The first kappa shape index (κ1) is 22.7. The van der Waals surface area contributed by atoms with Gasteiger partial charge in [-0.25, -0.2) is 4.98 Å². The Morgan fingerprint density at radius 2 is 1.75 bits per heavy atom. The Morgan fingerprint density at radius 1 is 1.06 bits per heavy atom. The van der Waals surface area contributed by atoms with Crippen molar-refractivity contribution in [3.05, 3.63) is 65.5 Å². The summed E-state index contributed by atoms with van der Waals surface area (Å²) in [6.07, 6.45) is -2.46. The summed E-state index contributed by atoms with van der Waals surface area (Å²) in [6, 6.07) is 14.1. The number of benzene rings is 1. The molecular weight excluding hydrogens is 417 g/mol. The third-order valence-electron chi connectivity index (χ3n) is 6.61. The Labute approximate surface area is 186 Å². The minimum absolute atomic E-state index is 0.0184. The van der Waals surface area contributed by atoms with Crippen LogP contribution in [0.5, 0.6) is 0 Å². The van der Waals surface area contributed by atoms with Crippen LogP contribution in [0.25, 0.3) is 0 Å². The fourth-order valence-electron chi connectivity index (χ4n) is 4.36. The first-order valence-corrected chi connectivity index (χ1v) is 11.1. The van der Waals surface area contributed by atoms with Crippen LogP contribution in [0.2, 0.25) is 0 Å².